The van der Waals surface area contributed by atoms with Crippen LogP contribution in [0.15, 0.2) is 0 Å². The summed E-state index contributed by atoms with van der Waals surface area (Å²) in [6.07, 6.45) is 5.30. The van der Waals surface area contributed by atoms with Gasteiger partial charge >= 0.3 is 47.3 Å². The molecule has 0 aromatic rings. The van der Waals surface area contributed by atoms with Gasteiger partial charge in [-0.25, -0.2) is 0 Å². The van der Waals surface area contributed by atoms with Crippen molar-refractivity contribution < 1.29 is 38.4 Å². The van der Waals surface area contributed by atoms with E-state index in [4.69, 9.17) is 0 Å². The highest BCUT2D eigenvalue weighted by atomic mass is 16.2. The van der Waals surface area contributed by atoms with Crippen LogP contribution in [0.3, 0.4) is 0 Å². The Morgan fingerprint density at radius 3 is 0.375 bits per heavy atom. The van der Waals surface area contributed by atoms with Crippen molar-refractivity contribution in [3.05, 3.63) is 0 Å². The average Bonchev–Trinajstić information content (AvgIpc) is 3.29. The van der Waals surface area contributed by atoms with Gasteiger partial charge in [0, 0.05) is 105 Å². The molecule has 1 aliphatic heterocycles. The second-order valence-corrected chi connectivity index (χ2v) is 14.9. The molecule has 0 radical (unpaired) electrons. The summed E-state index contributed by atoms with van der Waals surface area (Å²) in [6, 6.07) is 0. The summed E-state index contributed by atoms with van der Waals surface area (Å²) in [7, 11) is 0. The Balaban J connectivity index is 2.27. The maximum atomic E-state index is 12.0. The molecule has 0 bridgehead atoms. The number of amides is 8. The van der Waals surface area contributed by atoms with Crippen LogP contribution in [0.1, 0.15) is 51.4 Å². The first-order valence-electron chi connectivity index (χ1n) is 23.1. The van der Waals surface area contributed by atoms with E-state index in [9.17, 15) is 38.4 Å². The topological polar surface area (TPSA) is 329 Å². The van der Waals surface area contributed by atoms with Gasteiger partial charge in [-0.05, 0) is 104 Å². The fourth-order valence-electron chi connectivity index (χ4n) is 5.67. The van der Waals surface area contributed by atoms with E-state index in [0.717, 1.165) is 0 Å². The zero-order valence-corrected chi connectivity index (χ0v) is 37.9. The van der Waals surface area contributed by atoms with Crippen LogP contribution in [-0.2, 0) is 38.4 Å². The molecular weight excluding hydrogens is 833 g/mol. The van der Waals surface area contributed by atoms with Gasteiger partial charge in [-0.2, -0.15) is 0 Å². The Bertz CT molecular complexity index is 1030. The van der Waals surface area contributed by atoms with Crippen molar-refractivity contribution in [1.29, 1.82) is 0 Å². The normalized spacial score (nSPS) is 21.8. The smallest absolute Gasteiger partial charge is 0.309 e. The molecule has 0 atom stereocenters. The molecule has 0 saturated carbocycles. The number of nitrogens with one attached hydrogen (secondary N) is 16. The average molecular weight is 913 g/mol. The molecule has 24 nitrogen and oxygen atoms in total. The maximum absolute atomic E-state index is 12.0. The summed E-state index contributed by atoms with van der Waals surface area (Å²) >= 11 is 0. The largest absolute Gasteiger partial charge is 0.348 e. The van der Waals surface area contributed by atoms with Gasteiger partial charge in [0.1, 0.15) is 0 Å². The highest BCUT2D eigenvalue weighted by Gasteiger charge is 2.14. The number of hydrogen-bond donors (Lipinski definition) is 16. The molecule has 1 rings (SSSR count). The van der Waals surface area contributed by atoms with Crippen LogP contribution in [0.5, 0.6) is 0 Å². The van der Waals surface area contributed by atoms with Crippen molar-refractivity contribution in [1.82, 2.24) is 85.1 Å². The molecule has 0 aromatic heterocycles. The summed E-state index contributed by atoms with van der Waals surface area (Å²) in [5, 5.41) is 47.0. The number of carbonyl (C=O) groups is 8. The first kappa shape index (κ1) is 57.5. The predicted molar refractivity (Wildman–Crippen MR) is 244 cm³/mol. The molecule has 16 N–H and O–H groups in total. The number of carbonyl (C=O) groups excluding carboxylic acids is 8. The highest BCUT2D eigenvalue weighted by molar-refractivity contribution is 6.36. The summed E-state index contributed by atoms with van der Waals surface area (Å²) < 4.78 is 0. The van der Waals surface area contributed by atoms with Gasteiger partial charge in [0.2, 0.25) is 0 Å². The summed E-state index contributed by atoms with van der Waals surface area (Å²) in [6.45, 7) is 14.0. The predicted octanol–water partition coefficient (Wildman–Crippen LogP) is -7.23. The first-order chi connectivity index (χ1) is 31.2. The molecule has 0 unspecified atom stereocenters. The van der Waals surface area contributed by atoms with Crippen molar-refractivity contribution in [2.45, 2.75) is 51.4 Å². The molecule has 1 heterocycles. The third-order valence-electron chi connectivity index (χ3n) is 9.27. The van der Waals surface area contributed by atoms with Crippen LogP contribution in [0.4, 0.5) is 0 Å². The highest BCUT2D eigenvalue weighted by Crippen LogP contribution is 1.83. The molecular formula is C40H80N16O8. The molecule has 1 aliphatic rings. The van der Waals surface area contributed by atoms with Crippen molar-refractivity contribution >= 4 is 47.3 Å². The molecule has 24 heteroatoms. The van der Waals surface area contributed by atoms with Gasteiger partial charge in [0.25, 0.3) is 0 Å². The standard InChI is InChI=1S/C40H80N16O8/c57-33-34(58)50-18-3-11-43-27-28-44-12-4-21-53-37(61)38(62)54-22-7-15-47-31-32-48-16-8-24-56-40(64)39(63)55-23-6-14-46-30-29-45-13-5-20-52-36(60)35(59)51-19-2-10-42-26-25-41-9-1-17-49-33/h41-48H,1-32H2,(H,49,57)(H,50,58)(H,51,59)(H,52,60)(H,53,61)(H,54,62)(H,55,63)(H,56,64). The quantitative estimate of drug-likeness (QED) is 0.100. The van der Waals surface area contributed by atoms with E-state index in [2.05, 4.69) is 85.1 Å². The van der Waals surface area contributed by atoms with E-state index in [1.165, 1.54) is 0 Å². The minimum Gasteiger partial charge on any atom is -0.348 e. The van der Waals surface area contributed by atoms with Gasteiger partial charge < -0.3 is 85.1 Å². The van der Waals surface area contributed by atoms with Crippen molar-refractivity contribution in [2.75, 3.05) is 157 Å². The van der Waals surface area contributed by atoms with E-state index in [1.54, 1.807) is 0 Å². The van der Waals surface area contributed by atoms with Crippen LogP contribution in [0.2, 0.25) is 0 Å². The Labute approximate surface area is 378 Å². The monoisotopic (exact) mass is 913 g/mol. The van der Waals surface area contributed by atoms with Crippen LogP contribution in [0.25, 0.3) is 0 Å². The van der Waals surface area contributed by atoms with E-state index >= 15 is 0 Å². The SMILES string of the molecule is O=C1NCCCNCCNCCCNC(=O)C(=O)NCCCNCCNCCCNC(=O)C(=O)NCCCNCCNCCCNC(=O)C(=O)NCCCNCCNCCCNC1=O. The Morgan fingerprint density at radius 1 is 0.156 bits per heavy atom. The zero-order chi connectivity index (χ0) is 46.6. The Morgan fingerprint density at radius 2 is 0.266 bits per heavy atom. The Hall–Kier alpha value is -4.56. The summed E-state index contributed by atoms with van der Waals surface area (Å²) in [5.41, 5.74) is 0. The van der Waals surface area contributed by atoms with Gasteiger partial charge in [-0.15, -0.1) is 0 Å². The fraction of sp³-hybridized carbons (Fsp3) is 0.800. The lowest BCUT2D eigenvalue weighted by Crippen LogP contribution is -2.42. The minimum atomic E-state index is -0.658. The van der Waals surface area contributed by atoms with Gasteiger partial charge in [-0.3, -0.25) is 38.4 Å². The van der Waals surface area contributed by atoms with Gasteiger partial charge in [0.15, 0.2) is 0 Å². The van der Waals surface area contributed by atoms with E-state index in [1.807, 2.05) is 0 Å². The first-order valence-corrected chi connectivity index (χ1v) is 23.1. The lowest BCUT2D eigenvalue weighted by molar-refractivity contribution is -0.139. The molecule has 0 aromatic carbocycles. The zero-order valence-electron chi connectivity index (χ0n) is 37.9. The van der Waals surface area contributed by atoms with E-state index in [-0.39, 0.29) is 0 Å². The maximum Gasteiger partial charge on any atom is 0.309 e. The van der Waals surface area contributed by atoms with Crippen molar-refractivity contribution in [3.63, 3.8) is 0 Å². The second-order valence-electron chi connectivity index (χ2n) is 14.9. The molecule has 0 spiro atoms. The summed E-state index contributed by atoms with van der Waals surface area (Å²) in [5.74, 6) is -5.26. The molecule has 368 valence electrons. The number of rotatable bonds is 0. The van der Waals surface area contributed by atoms with Crippen molar-refractivity contribution in [3.8, 4) is 0 Å². The Kier molecular flexibility index (Phi) is 38.1. The third-order valence-corrected chi connectivity index (χ3v) is 9.27. The second kappa shape index (κ2) is 42.4. The molecule has 1 saturated heterocycles. The lowest BCUT2D eigenvalue weighted by atomic mass is 10.3. The molecule has 8 amide bonds. The fourth-order valence-corrected chi connectivity index (χ4v) is 5.67. The van der Waals surface area contributed by atoms with Crippen LogP contribution >= 0.6 is 0 Å². The van der Waals surface area contributed by atoms with E-state index < -0.39 is 47.3 Å². The van der Waals surface area contributed by atoms with Crippen LogP contribution < -0.4 is 85.1 Å². The van der Waals surface area contributed by atoms with Crippen LogP contribution in [-0.4, -0.2) is 204 Å². The van der Waals surface area contributed by atoms with Crippen molar-refractivity contribution in [2.24, 2.45) is 0 Å². The summed E-state index contributed by atoms with van der Waals surface area (Å²) in [4.78, 5) is 96.3. The number of hydrogen-bond acceptors (Lipinski definition) is 16. The lowest BCUT2D eigenvalue weighted by Gasteiger charge is -2.10. The van der Waals surface area contributed by atoms with Crippen LogP contribution in [0, 0.1) is 0 Å². The van der Waals surface area contributed by atoms with E-state index in [0.29, 0.717) is 208 Å². The minimum absolute atomic E-state index is 0.372. The van der Waals surface area contributed by atoms with Gasteiger partial charge in [0.05, 0.1) is 0 Å². The third kappa shape index (κ3) is 35.9. The van der Waals surface area contributed by atoms with Gasteiger partial charge in [-0.1, -0.05) is 0 Å². The molecule has 0 aliphatic carbocycles. The molecule has 64 heavy (non-hydrogen) atoms. The molecule has 1 fully saturated rings.